The lowest BCUT2D eigenvalue weighted by Crippen LogP contribution is -2.45. The Morgan fingerprint density at radius 3 is 2.02 bits per heavy atom. The highest BCUT2D eigenvalue weighted by Gasteiger charge is 2.49. The molecule has 0 atom stereocenters. The molecule has 2 aliphatic carbocycles. The zero-order valence-electron chi connectivity index (χ0n) is 24.7. The van der Waals surface area contributed by atoms with Crippen molar-refractivity contribution in [1.29, 1.82) is 0 Å². The number of ketones is 2. The quantitative estimate of drug-likeness (QED) is 0.252. The maximum absolute atomic E-state index is 13.9. The minimum absolute atomic E-state index is 0.0104. The van der Waals surface area contributed by atoms with E-state index in [0.29, 0.717) is 53.2 Å². The van der Waals surface area contributed by atoms with Crippen molar-refractivity contribution in [2.45, 2.75) is 72.3 Å². The number of nitro benzene ring substituents is 1. The zero-order valence-corrected chi connectivity index (χ0v) is 25.5. The summed E-state index contributed by atoms with van der Waals surface area (Å²) in [7, 11) is 0. The number of non-ortho nitro benzene ring substituents is 1. The number of hydrogen-bond donors (Lipinski definition) is 1. The number of hydrogen-bond acceptors (Lipinski definition) is 7. The molecule has 1 aliphatic heterocycles. The van der Waals surface area contributed by atoms with E-state index in [2.05, 4.69) is 0 Å². The van der Waals surface area contributed by atoms with Gasteiger partial charge in [-0.15, -0.1) is 0 Å². The Morgan fingerprint density at radius 1 is 0.977 bits per heavy atom. The van der Waals surface area contributed by atoms with Crippen molar-refractivity contribution >= 4 is 34.8 Å². The molecule has 2 aromatic carbocycles. The number of aliphatic carboxylic acids is 1. The summed E-state index contributed by atoms with van der Waals surface area (Å²) in [5.41, 5.74) is 3.48. The number of carbonyl (C=O) groups excluding carboxylic acids is 2. The molecule has 1 N–H and O–H groups in total. The number of ether oxygens (including phenoxy) is 1. The van der Waals surface area contributed by atoms with Gasteiger partial charge in [-0.2, -0.15) is 0 Å². The molecule has 0 saturated heterocycles. The summed E-state index contributed by atoms with van der Waals surface area (Å²) in [6.45, 7) is 8.47. The molecule has 1 heterocycles. The third kappa shape index (κ3) is 6.22. The van der Waals surface area contributed by atoms with Gasteiger partial charge in [0, 0.05) is 60.0 Å². The number of Topliss-reactive ketones (excluding diaryl/α,β-unsaturated/α-hetero) is 2. The lowest BCUT2D eigenvalue weighted by Gasteiger charge is -2.49. The van der Waals surface area contributed by atoms with Crippen LogP contribution in [0.25, 0.3) is 0 Å². The fraction of sp³-hybridized carbons (Fsp3) is 0.424. The zero-order chi connectivity index (χ0) is 31.3. The second-order valence-electron chi connectivity index (χ2n) is 13.2. The van der Waals surface area contributed by atoms with Crippen molar-refractivity contribution in [2.24, 2.45) is 10.8 Å². The summed E-state index contributed by atoms with van der Waals surface area (Å²) in [5, 5.41) is 20.8. The van der Waals surface area contributed by atoms with E-state index < -0.39 is 16.8 Å². The van der Waals surface area contributed by atoms with Gasteiger partial charge in [-0.1, -0.05) is 45.4 Å². The number of halogens is 1. The van der Waals surface area contributed by atoms with E-state index in [0.717, 1.165) is 17.0 Å². The third-order valence-electron chi connectivity index (χ3n) is 8.40. The molecule has 9 nitrogen and oxygen atoms in total. The first-order valence-electron chi connectivity index (χ1n) is 14.3. The SMILES string of the molecule is CC1(C)CC(=O)C2=C(C1)N(CCC(=O)O)C1=C(C(=O)CC(C)(C)C1)C2c1ccc(OCc2ccc([N+](=O)[O-])cc2)c(Cl)c1. The van der Waals surface area contributed by atoms with Crippen LogP contribution in [0.5, 0.6) is 5.75 Å². The molecular weight excluding hydrogens is 572 g/mol. The highest BCUT2D eigenvalue weighted by molar-refractivity contribution is 6.32. The maximum atomic E-state index is 13.9. The van der Waals surface area contributed by atoms with E-state index in [1.165, 1.54) is 12.1 Å². The molecule has 0 bridgehead atoms. The monoisotopic (exact) mass is 606 g/mol. The molecular formula is C33H35ClN2O7. The van der Waals surface area contributed by atoms with Crippen LogP contribution in [0.15, 0.2) is 65.0 Å². The second-order valence-corrected chi connectivity index (χ2v) is 13.6. The smallest absolute Gasteiger partial charge is 0.305 e. The molecule has 226 valence electrons. The van der Waals surface area contributed by atoms with Crippen LogP contribution in [0.2, 0.25) is 5.02 Å². The predicted molar refractivity (Wildman–Crippen MR) is 161 cm³/mol. The van der Waals surface area contributed by atoms with Crippen molar-refractivity contribution in [3.8, 4) is 5.75 Å². The molecule has 0 saturated carbocycles. The van der Waals surface area contributed by atoms with Gasteiger partial charge in [0.25, 0.3) is 5.69 Å². The van der Waals surface area contributed by atoms with Crippen LogP contribution >= 0.6 is 11.6 Å². The molecule has 5 rings (SSSR count). The summed E-state index contributed by atoms with van der Waals surface area (Å²) < 4.78 is 5.92. The van der Waals surface area contributed by atoms with Crippen LogP contribution in [-0.2, 0) is 21.0 Å². The Bertz CT molecular complexity index is 1530. The van der Waals surface area contributed by atoms with Gasteiger partial charge in [-0.25, -0.2) is 0 Å². The molecule has 2 aromatic rings. The topological polar surface area (TPSA) is 127 Å². The Hall–Kier alpha value is -3.98. The standard InChI is InChI=1S/C33H35ClN2O7/c1-32(2)14-23-30(25(37)16-32)29(31-24(35(23)12-11-28(39)40)15-33(3,4)17-26(31)38)20-7-10-27(22(34)13-20)43-18-19-5-8-21(9-6-19)36(41)42/h5-10,13,29H,11-12,14-18H2,1-4H3,(H,39,40). The van der Waals surface area contributed by atoms with Gasteiger partial charge in [0.05, 0.1) is 16.4 Å². The van der Waals surface area contributed by atoms with Crippen LogP contribution in [0.1, 0.15) is 76.8 Å². The summed E-state index contributed by atoms with van der Waals surface area (Å²) in [6.07, 6.45) is 1.69. The first-order valence-corrected chi connectivity index (χ1v) is 14.7. The average Bonchev–Trinajstić information content (AvgIpc) is 2.89. The molecule has 0 fully saturated rings. The van der Waals surface area contributed by atoms with E-state index in [4.69, 9.17) is 16.3 Å². The minimum Gasteiger partial charge on any atom is -0.487 e. The predicted octanol–water partition coefficient (Wildman–Crippen LogP) is 6.99. The molecule has 0 amide bonds. The van der Waals surface area contributed by atoms with Crippen molar-refractivity contribution < 1.29 is 29.2 Å². The molecule has 10 heteroatoms. The summed E-state index contributed by atoms with van der Waals surface area (Å²) in [6, 6.07) is 11.3. The van der Waals surface area contributed by atoms with E-state index in [1.54, 1.807) is 24.3 Å². The number of carbonyl (C=O) groups is 3. The molecule has 3 aliphatic rings. The van der Waals surface area contributed by atoms with Gasteiger partial charge < -0.3 is 14.7 Å². The third-order valence-corrected chi connectivity index (χ3v) is 8.70. The first kappa shape index (κ1) is 30.5. The lowest BCUT2D eigenvalue weighted by atomic mass is 9.63. The first-order chi connectivity index (χ1) is 20.2. The number of benzene rings is 2. The highest BCUT2D eigenvalue weighted by atomic mass is 35.5. The molecule has 0 unspecified atom stereocenters. The van der Waals surface area contributed by atoms with Crippen LogP contribution < -0.4 is 4.74 Å². The summed E-state index contributed by atoms with van der Waals surface area (Å²) >= 11 is 6.72. The van der Waals surface area contributed by atoms with Gasteiger partial charge in [0.2, 0.25) is 0 Å². The van der Waals surface area contributed by atoms with Gasteiger partial charge >= 0.3 is 5.97 Å². The fourth-order valence-corrected chi connectivity index (χ4v) is 6.79. The van der Waals surface area contributed by atoms with Crippen LogP contribution in [-0.4, -0.2) is 39.0 Å². The number of carboxylic acid groups (broad SMARTS) is 1. The van der Waals surface area contributed by atoms with Gasteiger partial charge in [-0.05, 0) is 59.1 Å². The normalized spacial score (nSPS) is 19.7. The van der Waals surface area contributed by atoms with Crippen LogP contribution in [0.4, 0.5) is 5.69 Å². The van der Waals surface area contributed by atoms with Crippen molar-refractivity contribution in [3.63, 3.8) is 0 Å². The average molecular weight is 607 g/mol. The summed E-state index contributed by atoms with van der Waals surface area (Å²) in [4.78, 5) is 51.8. The Balaban J connectivity index is 1.55. The molecule has 43 heavy (non-hydrogen) atoms. The van der Waals surface area contributed by atoms with E-state index in [-0.39, 0.29) is 47.7 Å². The Kier molecular flexibility index (Phi) is 7.98. The second kappa shape index (κ2) is 11.3. The van der Waals surface area contributed by atoms with E-state index >= 15 is 0 Å². The largest absolute Gasteiger partial charge is 0.487 e. The number of rotatable bonds is 8. The minimum atomic E-state index is -0.940. The van der Waals surface area contributed by atoms with Crippen molar-refractivity contribution in [3.05, 3.63) is 91.3 Å². The lowest BCUT2D eigenvalue weighted by molar-refractivity contribution is -0.384. The molecule has 0 spiro atoms. The number of carboxylic acids is 1. The van der Waals surface area contributed by atoms with Gasteiger partial charge in [0.15, 0.2) is 11.6 Å². The number of nitrogens with zero attached hydrogens (tertiary/aromatic N) is 2. The summed E-state index contributed by atoms with van der Waals surface area (Å²) in [5.74, 6) is -1.24. The highest BCUT2D eigenvalue weighted by Crippen LogP contribution is 2.54. The van der Waals surface area contributed by atoms with E-state index in [1.807, 2.05) is 38.7 Å². The van der Waals surface area contributed by atoms with Crippen molar-refractivity contribution in [2.75, 3.05) is 6.54 Å². The Morgan fingerprint density at radius 2 is 1.53 bits per heavy atom. The van der Waals surface area contributed by atoms with Crippen LogP contribution in [0, 0.1) is 20.9 Å². The van der Waals surface area contributed by atoms with Crippen molar-refractivity contribution in [1.82, 2.24) is 4.90 Å². The van der Waals surface area contributed by atoms with Gasteiger partial charge in [0.1, 0.15) is 12.4 Å². The van der Waals surface area contributed by atoms with Gasteiger partial charge in [-0.3, -0.25) is 24.5 Å². The molecule has 0 aromatic heterocycles. The fourth-order valence-electron chi connectivity index (χ4n) is 6.55. The van der Waals surface area contributed by atoms with E-state index in [9.17, 15) is 29.6 Å². The number of allylic oxidation sites excluding steroid dienone is 4. The molecule has 0 radical (unpaired) electrons. The maximum Gasteiger partial charge on any atom is 0.305 e. The number of nitro groups is 1. The van der Waals surface area contributed by atoms with Crippen LogP contribution in [0.3, 0.4) is 0 Å². The Labute approximate surface area is 255 Å².